The third-order valence-electron chi connectivity index (χ3n) is 6.62. The zero-order valence-electron chi connectivity index (χ0n) is 17.5. The molecule has 0 aromatic rings. The molecule has 0 atom stereocenters. The number of aliphatic imine (C=N–C) groups is 1. The van der Waals surface area contributed by atoms with Crippen molar-refractivity contribution in [2.45, 2.75) is 81.5 Å². The molecule has 0 unspecified atom stereocenters. The maximum absolute atomic E-state index is 5.59. The Labute approximate surface area is 170 Å². The number of guanidine groups is 1. The molecular formula is C21H40N4OS. The second-order valence-electron chi connectivity index (χ2n) is 8.40. The summed E-state index contributed by atoms with van der Waals surface area (Å²) in [6, 6.07) is 1.41. The van der Waals surface area contributed by atoms with E-state index < -0.39 is 0 Å². The summed E-state index contributed by atoms with van der Waals surface area (Å²) in [4.78, 5) is 7.26. The second kappa shape index (κ2) is 10.9. The Morgan fingerprint density at radius 3 is 2.44 bits per heavy atom. The van der Waals surface area contributed by atoms with E-state index in [0.29, 0.717) is 10.8 Å². The van der Waals surface area contributed by atoms with Gasteiger partial charge in [0, 0.05) is 56.7 Å². The largest absolute Gasteiger partial charge is 0.381 e. The Morgan fingerprint density at radius 2 is 1.81 bits per heavy atom. The Balaban J connectivity index is 1.42. The quantitative estimate of drug-likeness (QED) is 0.533. The van der Waals surface area contributed by atoms with Crippen LogP contribution in [0.2, 0.25) is 0 Å². The van der Waals surface area contributed by atoms with Crippen molar-refractivity contribution in [1.29, 1.82) is 0 Å². The summed E-state index contributed by atoms with van der Waals surface area (Å²) in [5.74, 6) is 2.14. The molecule has 2 heterocycles. The van der Waals surface area contributed by atoms with Gasteiger partial charge in [0.1, 0.15) is 0 Å². The fourth-order valence-electron chi connectivity index (χ4n) is 4.91. The fourth-order valence-corrected chi connectivity index (χ4v) is 6.15. The number of hydrogen-bond donors (Lipinski definition) is 2. The summed E-state index contributed by atoms with van der Waals surface area (Å²) in [6.07, 6.45) is 11.9. The molecule has 0 aromatic heterocycles. The van der Waals surface area contributed by atoms with Gasteiger partial charge in [-0.25, -0.2) is 0 Å². The van der Waals surface area contributed by atoms with Gasteiger partial charge in [-0.05, 0) is 44.3 Å². The van der Waals surface area contributed by atoms with Gasteiger partial charge in [0.05, 0.1) is 0 Å². The molecular weight excluding hydrogens is 356 g/mol. The van der Waals surface area contributed by atoms with Crippen molar-refractivity contribution in [3.05, 3.63) is 0 Å². The molecule has 3 rings (SSSR count). The van der Waals surface area contributed by atoms with E-state index in [9.17, 15) is 0 Å². The number of likely N-dealkylation sites (tertiary alicyclic amines) is 1. The standard InChI is InChI=1S/C21H40N4OS/c1-3-27-21(11-15-26-16-12-21)17-23-20(22-2)24-18-9-13-25(14-10-18)19-7-5-4-6-8-19/h18-19H,3-17H2,1-2H3,(H2,22,23,24). The molecule has 0 aromatic carbocycles. The van der Waals surface area contributed by atoms with Gasteiger partial charge in [0.15, 0.2) is 5.96 Å². The number of nitrogens with zero attached hydrogens (tertiary/aromatic N) is 2. The van der Waals surface area contributed by atoms with Gasteiger partial charge in [-0.15, -0.1) is 0 Å². The molecule has 2 N–H and O–H groups in total. The molecule has 6 heteroatoms. The lowest BCUT2D eigenvalue weighted by atomic mass is 9.92. The molecule has 1 saturated carbocycles. The summed E-state index contributed by atoms with van der Waals surface area (Å²) in [6.45, 7) is 7.50. The van der Waals surface area contributed by atoms with Crippen LogP contribution < -0.4 is 10.6 Å². The van der Waals surface area contributed by atoms with E-state index in [1.165, 1.54) is 58.0 Å². The van der Waals surface area contributed by atoms with Crippen LogP contribution >= 0.6 is 11.8 Å². The first kappa shape index (κ1) is 21.3. The average molecular weight is 397 g/mol. The highest BCUT2D eigenvalue weighted by Gasteiger charge is 2.33. The highest BCUT2D eigenvalue weighted by Crippen LogP contribution is 2.34. The van der Waals surface area contributed by atoms with Crippen LogP contribution in [0, 0.1) is 0 Å². The fraction of sp³-hybridized carbons (Fsp3) is 0.952. The van der Waals surface area contributed by atoms with Crippen LogP contribution in [0.4, 0.5) is 0 Å². The van der Waals surface area contributed by atoms with Crippen LogP contribution in [0.3, 0.4) is 0 Å². The predicted molar refractivity (Wildman–Crippen MR) is 117 cm³/mol. The zero-order valence-corrected chi connectivity index (χ0v) is 18.3. The van der Waals surface area contributed by atoms with E-state index in [4.69, 9.17) is 4.74 Å². The predicted octanol–water partition coefficient (Wildman–Crippen LogP) is 3.25. The Bertz CT molecular complexity index is 448. The summed E-state index contributed by atoms with van der Waals surface area (Å²) >= 11 is 2.08. The molecule has 156 valence electrons. The number of rotatable bonds is 6. The lowest BCUT2D eigenvalue weighted by Crippen LogP contribution is -2.53. The molecule has 0 amide bonds. The Kier molecular flexibility index (Phi) is 8.59. The maximum atomic E-state index is 5.59. The van der Waals surface area contributed by atoms with Gasteiger partial charge in [-0.1, -0.05) is 26.2 Å². The molecule has 0 bridgehead atoms. The van der Waals surface area contributed by atoms with Crippen LogP contribution in [0.25, 0.3) is 0 Å². The molecule has 2 saturated heterocycles. The SMILES string of the molecule is CCSC1(CNC(=NC)NC2CCN(C3CCCCC3)CC2)CCOCC1. The minimum Gasteiger partial charge on any atom is -0.381 e. The molecule has 3 fully saturated rings. The number of nitrogens with one attached hydrogen (secondary N) is 2. The topological polar surface area (TPSA) is 48.9 Å². The van der Waals surface area contributed by atoms with Crippen molar-refractivity contribution in [3.8, 4) is 0 Å². The highest BCUT2D eigenvalue weighted by atomic mass is 32.2. The van der Waals surface area contributed by atoms with Gasteiger partial charge in [-0.2, -0.15) is 11.8 Å². The van der Waals surface area contributed by atoms with Crippen LogP contribution in [0.5, 0.6) is 0 Å². The van der Waals surface area contributed by atoms with E-state index in [2.05, 4.69) is 39.2 Å². The minimum atomic E-state index is 0.301. The van der Waals surface area contributed by atoms with Crippen molar-refractivity contribution in [2.75, 3.05) is 45.6 Å². The maximum Gasteiger partial charge on any atom is 0.191 e. The van der Waals surface area contributed by atoms with Crippen LogP contribution in [-0.2, 0) is 4.74 Å². The molecule has 27 heavy (non-hydrogen) atoms. The van der Waals surface area contributed by atoms with E-state index in [1.54, 1.807) is 0 Å². The van der Waals surface area contributed by atoms with Crippen LogP contribution in [0.1, 0.15) is 64.7 Å². The number of thioether (sulfide) groups is 1. The van der Waals surface area contributed by atoms with Gasteiger partial charge in [-0.3, -0.25) is 4.99 Å². The number of ether oxygens (including phenoxy) is 1. The molecule has 2 aliphatic heterocycles. The smallest absolute Gasteiger partial charge is 0.191 e. The summed E-state index contributed by atoms with van der Waals surface area (Å²) < 4.78 is 5.89. The number of hydrogen-bond acceptors (Lipinski definition) is 4. The lowest BCUT2D eigenvalue weighted by Gasteiger charge is -2.40. The monoisotopic (exact) mass is 396 g/mol. The van der Waals surface area contributed by atoms with Crippen molar-refractivity contribution in [2.24, 2.45) is 4.99 Å². The normalized spacial score (nSPS) is 26.1. The van der Waals surface area contributed by atoms with E-state index in [0.717, 1.165) is 50.4 Å². The van der Waals surface area contributed by atoms with E-state index in [1.807, 2.05) is 7.05 Å². The summed E-state index contributed by atoms with van der Waals surface area (Å²) in [7, 11) is 1.90. The van der Waals surface area contributed by atoms with Crippen molar-refractivity contribution in [3.63, 3.8) is 0 Å². The van der Waals surface area contributed by atoms with E-state index >= 15 is 0 Å². The summed E-state index contributed by atoms with van der Waals surface area (Å²) in [5, 5.41) is 7.34. The van der Waals surface area contributed by atoms with Gasteiger partial charge < -0.3 is 20.3 Å². The summed E-state index contributed by atoms with van der Waals surface area (Å²) in [5.41, 5.74) is 0. The zero-order chi connectivity index (χ0) is 19.0. The minimum absolute atomic E-state index is 0.301. The first-order chi connectivity index (χ1) is 13.2. The first-order valence-corrected chi connectivity index (χ1v) is 12.2. The lowest BCUT2D eigenvalue weighted by molar-refractivity contribution is 0.0781. The Morgan fingerprint density at radius 1 is 1.11 bits per heavy atom. The first-order valence-electron chi connectivity index (χ1n) is 11.2. The molecule has 3 aliphatic rings. The Hall–Kier alpha value is -0.460. The molecule has 1 aliphatic carbocycles. The van der Waals surface area contributed by atoms with Gasteiger partial charge in [0.2, 0.25) is 0 Å². The van der Waals surface area contributed by atoms with Gasteiger partial charge >= 0.3 is 0 Å². The van der Waals surface area contributed by atoms with Crippen molar-refractivity contribution >= 4 is 17.7 Å². The van der Waals surface area contributed by atoms with Crippen LogP contribution in [-0.4, -0.2) is 73.3 Å². The molecule has 0 radical (unpaired) electrons. The molecule has 5 nitrogen and oxygen atoms in total. The van der Waals surface area contributed by atoms with E-state index in [-0.39, 0.29) is 0 Å². The van der Waals surface area contributed by atoms with Crippen molar-refractivity contribution < 1.29 is 4.74 Å². The average Bonchev–Trinajstić information content (AvgIpc) is 2.73. The number of piperidine rings is 1. The second-order valence-corrected chi connectivity index (χ2v) is 10.1. The molecule has 0 spiro atoms. The third kappa shape index (κ3) is 6.26. The van der Waals surface area contributed by atoms with Crippen LogP contribution in [0.15, 0.2) is 4.99 Å². The van der Waals surface area contributed by atoms with Crippen molar-refractivity contribution in [1.82, 2.24) is 15.5 Å². The highest BCUT2D eigenvalue weighted by molar-refractivity contribution is 8.00. The third-order valence-corrected chi connectivity index (χ3v) is 8.07. The van der Waals surface area contributed by atoms with Gasteiger partial charge in [0.25, 0.3) is 0 Å².